The van der Waals surface area contributed by atoms with Crippen molar-refractivity contribution in [2.45, 2.75) is 39.5 Å². The molecule has 0 spiro atoms. The summed E-state index contributed by atoms with van der Waals surface area (Å²) in [5, 5.41) is 14.4. The molecule has 5 aromatic rings. The highest BCUT2D eigenvalue weighted by molar-refractivity contribution is 5.79. The van der Waals surface area contributed by atoms with Crippen molar-refractivity contribution in [2.75, 3.05) is 7.11 Å². The van der Waals surface area contributed by atoms with Crippen LogP contribution < -0.4 is 10.3 Å². The van der Waals surface area contributed by atoms with Crippen molar-refractivity contribution < 1.29 is 4.74 Å². The Hall–Kier alpha value is -4.73. The molecular weight excluding hydrogens is 480 g/mol. The average molecular weight is 509 g/mol. The molecule has 0 fully saturated rings. The van der Waals surface area contributed by atoms with E-state index in [1.807, 2.05) is 49.5 Å². The lowest BCUT2D eigenvalue weighted by atomic mass is 9.99. The van der Waals surface area contributed by atoms with Crippen LogP contribution in [0.1, 0.15) is 42.5 Å². The third-order valence-corrected chi connectivity index (χ3v) is 6.39. The van der Waals surface area contributed by atoms with Crippen molar-refractivity contribution in [3.63, 3.8) is 0 Å². The largest absolute Gasteiger partial charge is 0.495 e. The number of tetrazole rings is 1. The predicted molar refractivity (Wildman–Crippen MR) is 143 cm³/mol. The smallest absolute Gasteiger partial charge is 0.263 e. The van der Waals surface area contributed by atoms with Crippen molar-refractivity contribution in [1.82, 2.24) is 40.1 Å². The first-order valence-electron chi connectivity index (χ1n) is 12.5. The fourth-order valence-corrected chi connectivity index (χ4v) is 4.42. The molecule has 0 aliphatic carbocycles. The van der Waals surface area contributed by atoms with E-state index in [0.29, 0.717) is 35.2 Å². The summed E-state index contributed by atoms with van der Waals surface area (Å²) in [5.74, 6) is 2.25. The molecule has 4 heterocycles. The van der Waals surface area contributed by atoms with E-state index in [1.165, 1.54) is 0 Å². The number of nitrogens with zero attached hydrogens (tertiary/aromatic N) is 7. The summed E-state index contributed by atoms with van der Waals surface area (Å²) in [7, 11) is 1.58. The second-order valence-electron chi connectivity index (χ2n) is 8.88. The molecule has 0 unspecified atom stereocenters. The Bertz CT molecular complexity index is 1580. The van der Waals surface area contributed by atoms with Crippen molar-refractivity contribution in [1.29, 1.82) is 0 Å². The summed E-state index contributed by atoms with van der Waals surface area (Å²) in [6.07, 6.45) is 6.46. The Labute approximate surface area is 219 Å². The van der Waals surface area contributed by atoms with E-state index in [0.717, 1.165) is 47.3 Å². The summed E-state index contributed by atoms with van der Waals surface area (Å²) in [6, 6.07) is 15.3. The van der Waals surface area contributed by atoms with Crippen LogP contribution in [0.4, 0.5) is 0 Å². The van der Waals surface area contributed by atoms with E-state index in [-0.39, 0.29) is 5.56 Å². The Morgan fingerprint density at radius 1 is 1.00 bits per heavy atom. The Morgan fingerprint density at radius 3 is 2.50 bits per heavy atom. The maximum atomic E-state index is 13.8. The van der Waals surface area contributed by atoms with Crippen molar-refractivity contribution >= 4 is 0 Å². The van der Waals surface area contributed by atoms with Crippen LogP contribution in [0.3, 0.4) is 0 Å². The zero-order valence-electron chi connectivity index (χ0n) is 21.5. The minimum Gasteiger partial charge on any atom is -0.495 e. The fraction of sp³-hybridized carbons (Fsp3) is 0.250. The van der Waals surface area contributed by atoms with Crippen LogP contribution in [0.2, 0.25) is 0 Å². The minimum atomic E-state index is -0.130. The standard InChI is InChI=1S/C28H28N8O2/c1-4-5-10-25-24(28(37)36(18(2)31-25)26-14-13-21(38-3)17-30-26)15-20-12-11-19(16-29-20)22-8-6-7-9-23(22)27-32-34-35-33-27/h6-9,11-14,16-17H,4-5,10,15H2,1-3H3,(H,32,33,34,35). The quantitative estimate of drug-likeness (QED) is 0.315. The Balaban J connectivity index is 1.51. The molecule has 0 bridgehead atoms. The van der Waals surface area contributed by atoms with Crippen LogP contribution in [0.5, 0.6) is 5.75 Å². The lowest BCUT2D eigenvalue weighted by Crippen LogP contribution is -2.29. The number of unbranched alkanes of at least 4 members (excludes halogenated alkanes) is 1. The van der Waals surface area contributed by atoms with Crippen LogP contribution in [-0.2, 0) is 12.8 Å². The Morgan fingerprint density at radius 2 is 1.84 bits per heavy atom. The van der Waals surface area contributed by atoms with Gasteiger partial charge in [-0.15, -0.1) is 10.2 Å². The van der Waals surface area contributed by atoms with Gasteiger partial charge in [0.25, 0.3) is 5.56 Å². The van der Waals surface area contributed by atoms with Gasteiger partial charge in [-0.3, -0.25) is 9.78 Å². The molecule has 0 atom stereocenters. The molecule has 0 aliphatic rings. The molecule has 1 aromatic carbocycles. The van der Waals surface area contributed by atoms with Gasteiger partial charge >= 0.3 is 0 Å². The van der Waals surface area contributed by atoms with Gasteiger partial charge in [-0.1, -0.05) is 43.7 Å². The number of pyridine rings is 2. The summed E-state index contributed by atoms with van der Waals surface area (Å²) >= 11 is 0. The number of aromatic nitrogens is 8. The summed E-state index contributed by atoms with van der Waals surface area (Å²) in [4.78, 5) is 27.8. The highest BCUT2D eigenvalue weighted by atomic mass is 16.5. The molecule has 192 valence electrons. The molecule has 0 saturated heterocycles. The number of nitrogens with one attached hydrogen (secondary N) is 1. The zero-order valence-corrected chi connectivity index (χ0v) is 21.5. The van der Waals surface area contributed by atoms with Gasteiger partial charge in [-0.05, 0) is 48.7 Å². The number of aryl methyl sites for hydroxylation is 2. The van der Waals surface area contributed by atoms with E-state index >= 15 is 0 Å². The van der Waals surface area contributed by atoms with Gasteiger partial charge in [0.05, 0.1) is 19.0 Å². The predicted octanol–water partition coefficient (Wildman–Crippen LogP) is 4.12. The highest BCUT2D eigenvalue weighted by Crippen LogP contribution is 2.29. The summed E-state index contributed by atoms with van der Waals surface area (Å²) in [6.45, 7) is 3.96. The van der Waals surface area contributed by atoms with Crippen molar-refractivity contribution in [2.24, 2.45) is 0 Å². The molecule has 10 heteroatoms. The molecule has 4 aromatic heterocycles. The normalized spacial score (nSPS) is 11.0. The van der Waals surface area contributed by atoms with Gasteiger partial charge in [0.1, 0.15) is 17.4 Å². The SMILES string of the molecule is CCCCc1nc(C)n(-c2ccc(OC)cn2)c(=O)c1Cc1ccc(-c2ccccc2-c2nn[nH]n2)cn1. The summed E-state index contributed by atoms with van der Waals surface area (Å²) < 4.78 is 6.77. The zero-order chi connectivity index (χ0) is 26.5. The minimum absolute atomic E-state index is 0.130. The van der Waals surface area contributed by atoms with Crippen LogP contribution in [0.15, 0.2) is 65.7 Å². The van der Waals surface area contributed by atoms with E-state index in [2.05, 4.69) is 32.5 Å². The van der Waals surface area contributed by atoms with Crippen molar-refractivity contribution in [3.8, 4) is 34.1 Å². The fourth-order valence-electron chi connectivity index (χ4n) is 4.42. The highest BCUT2D eigenvalue weighted by Gasteiger charge is 2.18. The first kappa shape index (κ1) is 24.9. The average Bonchev–Trinajstić information content (AvgIpc) is 3.49. The second kappa shape index (κ2) is 11.1. The molecular formula is C28H28N8O2. The molecule has 0 aliphatic heterocycles. The van der Waals surface area contributed by atoms with Gasteiger partial charge < -0.3 is 4.74 Å². The number of ether oxygens (including phenoxy) is 1. The number of methoxy groups -OCH3 is 1. The lowest BCUT2D eigenvalue weighted by molar-refractivity contribution is 0.412. The maximum absolute atomic E-state index is 13.8. The van der Waals surface area contributed by atoms with Gasteiger partial charge in [-0.25, -0.2) is 14.5 Å². The molecule has 10 nitrogen and oxygen atoms in total. The number of aromatic amines is 1. The van der Waals surface area contributed by atoms with Gasteiger partial charge in [0.2, 0.25) is 5.82 Å². The molecule has 1 N–H and O–H groups in total. The Kier molecular flexibility index (Phi) is 7.30. The number of hydrogen-bond donors (Lipinski definition) is 1. The molecule has 38 heavy (non-hydrogen) atoms. The molecule has 0 amide bonds. The monoisotopic (exact) mass is 508 g/mol. The third kappa shape index (κ3) is 5.06. The number of hydrogen-bond acceptors (Lipinski definition) is 8. The van der Waals surface area contributed by atoms with Gasteiger partial charge in [-0.2, -0.15) is 5.21 Å². The van der Waals surface area contributed by atoms with Crippen LogP contribution >= 0.6 is 0 Å². The van der Waals surface area contributed by atoms with E-state index in [4.69, 9.17) is 14.7 Å². The first-order chi connectivity index (χ1) is 18.6. The van der Waals surface area contributed by atoms with Crippen LogP contribution in [0, 0.1) is 6.92 Å². The van der Waals surface area contributed by atoms with Crippen LogP contribution in [0.25, 0.3) is 28.3 Å². The third-order valence-electron chi connectivity index (χ3n) is 6.39. The van der Waals surface area contributed by atoms with Crippen molar-refractivity contribution in [3.05, 3.63) is 94.1 Å². The second-order valence-corrected chi connectivity index (χ2v) is 8.88. The van der Waals surface area contributed by atoms with Gasteiger partial charge in [0.15, 0.2) is 0 Å². The molecule has 5 rings (SSSR count). The molecule has 0 saturated carbocycles. The summed E-state index contributed by atoms with van der Waals surface area (Å²) in [5.41, 5.74) is 4.82. The van der Waals surface area contributed by atoms with Gasteiger partial charge in [0, 0.05) is 35.0 Å². The van der Waals surface area contributed by atoms with E-state index in [9.17, 15) is 4.79 Å². The van der Waals surface area contributed by atoms with E-state index in [1.54, 1.807) is 30.0 Å². The number of benzene rings is 1. The van der Waals surface area contributed by atoms with E-state index < -0.39 is 0 Å². The molecule has 0 radical (unpaired) electrons. The topological polar surface area (TPSA) is 124 Å². The lowest BCUT2D eigenvalue weighted by Gasteiger charge is -2.15. The number of H-pyrrole nitrogens is 1. The first-order valence-corrected chi connectivity index (χ1v) is 12.5. The van der Waals surface area contributed by atoms with Crippen LogP contribution in [-0.4, -0.2) is 47.3 Å². The number of rotatable bonds is 9. The maximum Gasteiger partial charge on any atom is 0.263 e.